The summed E-state index contributed by atoms with van der Waals surface area (Å²) in [6.07, 6.45) is -0.224. The zero-order valence-electron chi connectivity index (χ0n) is 15.0. The number of ether oxygens (including phenoxy) is 1. The molecule has 1 fully saturated rings. The van der Waals surface area contributed by atoms with E-state index in [1.165, 1.54) is 4.31 Å². The van der Waals surface area contributed by atoms with Crippen LogP contribution in [-0.4, -0.2) is 42.1 Å². The maximum Gasteiger partial charge on any atom is 0.243 e. The van der Waals surface area contributed by atoms with E-state index in [0.29, 0.717) is 35.4 Å². The van der Waals surface area contributed by atoms with Crippen LogP contribution in [0.5, 0.6) is 5.75 Å². The van der Waals surface area contributed by atoms with E-state index in [9.17, 15) is 8.42 Å². The number of benzene rings is 2. The lowest BCUT2D eigenvalue weighted by Crippen LogP contribution is -2.56. The van der Waals surface area contributed by atoms with Gasteiger partial charge in [-0.3, -0.25) is 0 Å². The number of aromatic nitrogens is 2. The van der Waals surface area contributed by atoms with Crippen LogP contribution in [0.25, 0.3) is 11.4 Å². The highest BCUT2D eigenvalue weighted by Gasteiger charge is 2.39. The Morgan fingerprint density at radius 1 is 1.07 bits per heavy atom. The average Bonchev–Trinajstić information content (AvgIpc) is 3.04. The van der Waals surface area contributed by atoms with Gasteiger partial charge < -0.3 is 9.26 Å². The second-order valence-electron chi connectivity index (χ2n) is 6.46. The molecule has 0 unspecified atom stereocenters. The Bertz CT molecular complexity index is 1070. The largest absolute Gasteiger partial charge is 0.487 e. The van der Waals surface area contributed by atoms with E-state index in [1.807, 2.05) is 30.3 Å². The van der Waals surface area contributed by atoms with Crippen LogP contribution in [0.1, 0.15) is 11.5 Å². The van der Waals surface area contributed by atoms with Gasteiger partial charge in [0.1, 0.15) is 11.9 Å². The third kappa shape index (κ3) is 3.33. The van der Waals surface area contributed by atoms with Crippen molar-refractivity contribution in [2.75, 3.05) is 13.1 Å². The van der Waals surface area contributed by atoms with Crippen molar-refractivity contribution in [1.29, 1.82) is 0 Å². The normalized spacial score (nSPS) is 15.5. The van der Waals surface area contributed by atoms with Crippen molar-refractivity contribution < 1.29 is 17.7 Å². The summed E-state index contributed by atoms with van der Waals surface area (Å²) in [5.74, 6) is 1.53. The van der Waals surface area contributed by atoms with E-state index < -0.39 is 10.0 Å². The predicted octanol–water partition coefficient (Wildman–Crippen LogP) is 2.81. The SMILES string of the molecule is Cc1nc(-c2ccccc2OC2CN(S(=O)(=O)c3ccccc3C)C2)no1. The van der Waals surface area contributed by atoms with E-state index in [0.717, 1.165) is 11.1 Å². The van der Waals surface area contributed by atoms with Gasteiger partial charge in [0, 0.05) is 6.92 Å². The van der Waals surface area contributed by atoms with Crippen molar-refractivity contribution in [1.82, 2.24) is 14.4 Å². The molecule has 0 aliphatic carbocycles. The highest BCUT2D eigenvalue weighted by atomic mass is 32.2. The topological polar surface area (TPSA) is 85.5 Å². The van der Waals surface area contributed by atoms with Crippen LogP contribution in [0.15, 0.2) is 57.9 Å². The quantitative estimate of drug-likeness (QED) is 0.671. The third-order valence-electron chi connectivity index (χ3n) is 4.48. The number of hydrogen-bond donors (Lipinski definition) is 0. The molecule has 0 spiro atoms. The van der Waals surface area contributed by atoms with Crippen LogP contribution in [0.4, 0.5) is 0 Å². The van der Waals surface area contributed by atoms with E-state index in [2.05, 4.69) is 10.1 Å². The molecule has 0 N–H and O–H groups in total. The average molecular weight is 385 g/mol. The maximum atomic E-state index is 12.8. The van der Waals surface area contributed by atoms with Gasteiger partial charge in [0.25, 0.3) is 0 Å². The third-order valence-corrected chi connectivity index (χ3v) is 6.47. The van der Waals surface area contributed by atoms with Gasteiger partial charge in [0.15, 0.2) is 0 Å². The fourth-order valence-electron chi connectivity index (χ4n) is 3.00. The lowest BCUT2D eigenvalue weighted by molar-refractivity contribution is 0.0766. The van der Waals surface area contributed by atoms with Gasteiger partial charge in [-0.05, 0) is 30.7 Å². The summed E-state index contributed by atoms with van der Waals surface area (Å²) >= 11 is 0. The summed E-state index contributed by atoms with van der Waals surface area (Å²) in [6.45, 7) is 4.12. The second kappa shape index (κ2) is 6.79. The molecule has 27 heavy (non-hydrogen) atoms. The molecule has 2 aromatic carbocycles. The van der Waals surface area contributed by atoms with Gasteiger partial charge >= 0.3 is 0 Å². The van der Waals surface area contributed by atoms with E-state index in [1.54, 1.807) is 32.0 Å². The Hall–Kier alpha value is -2.71. The van der Waals surface area contributed by atoms with Gasteiger partial charge in [0.05, 0.1) is 23.5 Å². The number of sulfonamides is 1. The monoisotopic (exact) mass is 385 g/mol. The number of nitrogens with zero attached hydrogens (tertiary/aromatic N) is 3. The predicted molar refractivity (Wildman–Crippen MR) is 98.8 cm³/mol. The summed E-state index contributed by atoms with van der Waals surface area (Å²) in [6, 6.07) is 14.4. The Morgan fingerprint density at radius 3 is 2.48 bits per heavy atom. The standard InChI is InChI=1S/C19H19N3O4S/c1-13-7-3-6-10-18(13)27(23,24)22-11-15(12-22)25-17-9-5-4-8-16(17)19-20-14(2)26-21-19/h3-10,15H,11-12H2,1-2H3. The molecule has 1 aromatic heterocycles. The van der Waals surface area contributed by atoms with Gasteiger partial charge in [0.2, 0.25) is 21.7 Å². The first kappa shape index (κ1) is 17.7. The van der Waals surface area contributed by atoms with Gasteiger partial charge in [-0.25, -0.2) is 8.42 Å². The van der Waals surface area contributed by atoms with Crippen molar-refractivity contribution in [2.24, 2.45) is 0 Å². The Kier molecular flexibility index (Phi) is 4.45. The lowest BCUT2D eigenvalue weighted by Gasteiger charge is -2.38. The number of aryl methyl sites for hydroxylation is 2. The molecule has 140 valence electrons. The van der Waals surface area contributed by atoms with Crippen molar-refractivity contribution in [3.8, 4) is 17.1 Å². The van der Waals surface area contributed by atoms with Crippen LogP contribution >= 0.6 is 0 Å². The van der Waals surface area contributed by atoms with E-state index in [4.69, 9.17) is 9.26 Å². The molecule has 4 rings (SSSR count). The molecule has 0 bridgehead atoms. The smallest absolute Gasteiger partial charge is 0.243 e. The number of rotatable bonds is 5. The molecular weight excluding hydrogens is 366 g/mol. The summed E-state index contributed by atoms with van der Waals surface area (Å²) < 4.78 is 38.0. The molecule has 0 amide bonds. The molecule has 1 saturated heterocycles. The first-order valence-corrected chi connectivity index (χ1v) is 10.0. The fourth-order valence-corrected chi connectivity index (χ4v) is 4.73. The molecule has 0 saturated carbocycles. The van der Waals surface area contributed by atoms with Crippen molar-refractivity contribution in [3.05, 3.63) is 60.0 Å². The number of hydrogen-bond acceptors (Lipinski definition) is 6. The molecule has 7 nitrogen and oxygen atoms in total. The first-order chi connectivity index (χ1) is 12.9. The van der Waals surface area contributed by atoms with Crippen molar-refractivity contribution in [2.45, 2.75) is 24.8 Å². The molecule has 3 aromatic rings. The van der Waals surface area contributed by atoms with E-state index in [-0.39, 0.29) is 6.10 Å². The molecule has 0 atom stereocenters. The highest BCUT2D eigenvalue weighted by Crippen LogP contribution is 2.31. The highest BCUT2D eigenvalue weighted by molar-refractivity contribution is 7.89. The minimum Gasteiger partial charge on any atom is -0.487 e. The van der Waals surface area contributed by atoms with Gasteiger partial charge in [-0.15, -0.1) is 0 Å². The van der Waals surface area contributed by atoms with Crippen LogP contribution in [-0.2, 0) is 10.0 Å². The Labute approximate surface area is 157 Å². The minimum absolute atomic E-state index is 0.224. The summed E-state index contributed by atoms with van der Waals surface area (Å²) in [4.78, 5) is 4.57. The van der Waals surface area contributed by atoms with Crippen LogP contribution < -0.4 is 4.74 Å². The maximum absolute atomic E-state index is 12.8. The van der Waals surface area contributed by atoms with Gasteiger partial charge in [-0.2, -0.15) is 9.29 Å². The van der Waals surface area contributed by atoms with Crippen molar-refractivity contribution in [3.63, 3.8) is 0 Å². The number of para-hydroxylation sites is 1. The molecular formula is C19H19N3O4S. The molecule has 8 heteroatoms. The second-order valence-corrected chi connectivity index (χ2v) is 8.37. The minimum atomic E-state index is -3.50. The summed E-state index contributed by atoms with van der Waals surface area (Å²) in [5, 5.41) is 3.93. The summed E-state index contributed by atoms with van der Waals surface area (Å²) in [7, 11) is -3.50. The first-order valence-electron chi connectivity index (χ1n) is 8.57. The van der Waals surface area contributed by atoms with Crippen molar-refractivity contribution >= 4 is 10.0 Å². The van der Waals surface area contributed by atoms with E-state index >= 15 is 0 Å². The molecule has 1 aliphatic rings. The van der Waals surface area contributed by atoms with Crippen LogP contribution in [0, 0.1) is 13.8 Å². The molecule has 2 heterocycles. The van der Waals surface area contributed by atoms with Crippen LogP contribution in [0.3, 0.4) is 0 Å². The zero-order valence-corrected chi connectivity index (χ0v) is 15.8. The Balaban J connectivity index is 1.48. The fraction of sp³-hybridized carbons (Fsp3) is 0.263. The zero-order chi connectivity index (χ0) is 19.0. The van der Waals surface area contributed by atoms with Crippen LogP contribution in [0.2, 0.25) is 0 Å². The lowest BCUT2D eigenvalue weighted by atomic mass is 10.1. The van der Waals surface area contributed by atoms with Gasteiger partial charge in [-0.1, -0.05) is 35.5 Å². The Morgan fingerprint density at radius 2 is 1.78 bits per heavy atom. The molecule has 1 aliphatic heterocycles. The molecule has 0 radical (unpaired) electrons. The summed E-state index contributed by atoms with van der Waals surface area (Å²) in [5.41, 5.74) is 1.45.